The fourth-order valence-electron chi connectivity index (χ4n) is 7.74. The molecule has 1 aromatic heterocycles. The second-order valence-electron chi connectivity index (χ2n) is 12.0. The molecule has 2 bridgehead atoms. The van der Waals surface area contributed by atoms with Gasteiger partial charge in [-0.3, -0.25) is 18.9 Å². The van der Waals surface area contributed by atoms with Crippen LogP contribution in [-0.2, 0) is 4.79 Å². The maximum Gasteiger partial charge on any atom is 0.272 e. The van der Waals surface area contributed by atoms with Gasteiger partial charge in [-0.1, -0.05) is 19.9 Å². The van der Waals surface area contributed by atoms with Crippen molar-refractivity contribution in [3.63, 3.8) is 0 Å². The van der Waals surface area contributed by atoms with E-state index in [1.165, 1.54) is 4.31 Å². The summed E-state index contributed by atoms with van der Waals surface area (Å²) in [6.07, 6.45) is 12.5. The van der Waals surface area contributed by atoms with E-state index in [4.69, 9.17) is 9.47 Å². The zero-order valence-corrected chi connectivity index (χ0v) is 23.2. The molecule has 4 aliphatic rings. The summed E-state index contributed by atoms with van der Waals surface area (Å²) < 4.78 is 36.1. The Morgan fingerprint density at radius 2 is 1.84 bits per heavy atom. The van der Waals surface area contributed by atoms with Crippen molar-refractivity contribution in [3.8, 4) is 11.5 Å². The summed E-state index contributed by atoms with van der Waals surface area (Å²) >= 11 is 0. The van der Waals surface area contributed by atoms with Gasteiger partial charge in [0.2, 0.25) is 0 Å². The summed E-state index contributed by atoms with van der Waals surface area (Å²) in [6.45, 7) is 4.49. The molecule has 204 valence electrons. The summed E-state index contributed by atoms with van der Waals surface area (Å²) in [7, 11) is -1.63. The van der Waals surface area contributed by atoms with Crippen molar-refractivity contribution < 1.29 is 23.4 Å². The monoisotopic (exact) mass is 538 g/mol. The minimum Gasteiger partial charge on any atom is -0.493 e. The number of carbonyl (C=O) groups excluding carboxylic acids is 1. The molecule has 1 aromatic carbocycles. The number of fused-ring (bicyclic) bond motifs is 1. The van der Waals surface area contributed by atoms with Crippen LogP contribution in [0.25, 0.3) is 11.6 Å². The molecule has 1 amide bonds. The number of nitrogens with zero attached hydrogens (tertiary/aromatic N) is 2. The van der Waals surface area contributed by atoms with Gasteiger partial charge in [-0.05, 0) is 97.7 Å². The summed E-state index contributed by atoms with van der Waals surface area (Å²) in [5, 5.41) is 0. The van der Waals surface area contributed by atoms with E-state index in [-0.39, 0.29) is 34.6 Å². The molecule has 3 atom stereocenters. The number of hydrogen-bond acceptors (Lipinski definition) is 6. The largest absolute Gasteiger partial charge is 0.493 e. The molecule has 2 N–H and O–H groups in total. The second kappa shape index (κ2) is 9.28. The zero-order chi connectivity index (χ0) is 26.7. The lowest BCUT2D eigenvalue weighted by atomic mass is 9.69. The summed E-state index contributed by atoms with van der Waals surface area (Å²) in [4.78, 5) is 18.5. The van der Waals surface area contributed by atoms with E-state index in [1.807, 2.05) is 24.3 Å². The van der Waals surface area contributed by atoms with Crippen LogP contribution in [0, 0.1) is 16.7 Å². The Kier molecular flexibility index (Phi) is 6.28. The van der Waals surface area contributed by atoms with Gasteiger partial charge in [0.1, 0.15) is 0 Å². The van der Waals surface area contributed by atoms with Crippen LogP contribution >= 0.6 is 10.8 Å². The van der Waals surface area contributed by atoms with E-state index in [0.29, 0.717) is 28.6 Å². The minimum atomic E-state index is -3.26. The van der Waals surface area contributed by atoms with Crippen LogP contribution in [0.5, 0.6) is 11.5 Å². The molecular weight excluding hydrogens is 500 g/mol. The van der Waals surface area contributed by atoms with Gasteiger partial charge in [0, 0.05) is 23.4 Å². The minimum absolute atomic E-state index is 0.0284. The summed E-state index contributed by atoms with van der Waals surface area (Å²) in [6, 6.07) is 9.10. The average molecular weight is 539 g/mol. The van der Waals surface area contributed by atoms with Crippen LogP contribution in [0.2, 0.25) is 0 Å². The first-order valence-electron chi connectivity index (χ1n) is 13.7. The van der Waals surface area contributed by atoms with E-state index in [0.717, 1.165) is 50.5 Å². The molecule has 8 heteroatoms. The standard InChI is InChI=1S/C30H38N2O5S/c1-29(2)22-10-13-30(29)19-38(34,35)32(27(30)18-22)28(33)24(21-11-14-31-15-12-21)16-20-8-9-25(36-3)26(17-20)37-23-6-4-5-7-23/h8-9,11-12,14-17,22-23,27,34-35H,4-7,10,13,18-19H2,1-3H3/b24-16+/t22-,27-,30+/m0/s1. The molecule has 38 heavy (non-hydrogen) atoms. The van der Waals surface area contributed by atoms with Crippen LogP contribution in [0.1, 0.15) is 69.9 Å². The van der Waals surface area contributed by atoms with Gasteiger partial charge in [0.15, 0.2) is 11.5 Å². The third-order valence-corrected chi connectivity index (χ3v) is 11.9. The molecule has 1 aliphatic heterocycles. The van der Waals surface area contributed by atoms with Crippen LogP contribution in [0.4, 0.5) is 0 Å². The van der Waals surface area contributed by atoms with Crippen LogP contribution in [0.3, 0.4) is 0 Å². The second-order valence-corrected chi connectivity index (χ2v) is 13.9. The lowest BCUT2D eigenvalue weighted by Crippen LogP contribution is -2.43. The Labute approximate surface area is 226 Å². The van der Waals surface area contributed by atoms with Gasteiger partial charge in [0.05, 0.1) is 25.0 Å². The lowest BCUT2D eigenvalue weighted by Gasteiger charge is -2.40. The third-order valence-electron chi connectivity index (χ3n) is 9.95. The van der Waals surface area contributed by atoms with Crippen molar-refractivity contribution in [3.05, 3.63) is 53.9 Å². The number of pyridine rings is 1. The van der Waals surface area contributed by atoms with Gasteiger partial charge in [-0.2, -0.15) is 0 Å². The van der Waals surface area contributed by atoms with Crippen molar-refractivity contribution in [1.29, 1.82) is 0 Å². The predicted octanol–water partition coefficient (Wildman–Crippen LogP) is 6.65. The molecule has 6 rings (SSSR count). The van der Waals surface area contributed by atoms with Gasteiger partial charge < -0.3 is 9.47 Å². The first kappa shape index (κ1) is 25.7. The van der Waals surface area contributed by atoms with Gasteiger partial charge >= 0.3 is 0 Å². The van der Waals surface area contributed by atoms with Crippen LogP contribution in [0.15, 0.2) is 42.7 Å². The van der Waals surface area contributed by atoms with Gasteiger partial charge in [-0.25, -0.2) is 4.31 Å². The predicted molar refractivity (Wildman–Crippen MR) is 150 cm³/mol. The smallest absolute Gasteiger partial charge is 0.272 e. The van der Waals surface area contributed by atoms with Crippen molar-refractivity contribution in [2.45, 2.75) is 70.9 Å². The molecule has 3 saturated carbocycles. The maximum absolute atomic E-state index is 14.4. The first-order valence-corrected chi connectivity index (χ1v) is 15.4. The quantitative estimate of drug-likeness (QED) is 0.400. The molecule has 3 aliphatic carbocycles. The van der Waals surface area contributed by atoms with Crippen LogP contribution in [-0.4, -0.2) is 49.3 Å². The number of carbonyl (C=O) groups is 1. The highest BCUT2D eigenvalue weighted by Crippen LogP contribution is 2.76. The van der Waals surface area contributed by atoms with E-state index in [2.05, 4.69) is 18.8 Å². The van der Waals surface area contributed by atoms with Crippen molar-refractivity contribution in [2.24, 2.45) is 16.7 Å². The fourth-order valence-corrected chi connectivity index (χ4v) is 10.3. The Balaban J connectivity index is 1.40. The summed E-state index contributed by atoms with van der Waals surface area (Å²) in [5.74, 6) is 1.74. The molecule has 2 heterocycles. The van der Waals surface area contributed by atoms with Crippen molar-refractivity contribution >= 4 is 28.3 Å². The van der Waals surface area contributed by atoms with Gasteiger partial charge in [0.25, 0.3) is 5.91 Å². The topological polar surface area (TPSA) is 92.1 Å². The van der Waals surface area contributed by atoms with E-state index in [1.54, 1.807) is 31.6 Å². The number of ether oxygens (including phenoxy) is 2. The van der Waals surface area contributed by atoms with Crippen LogP contribution < -0.4 is 9.47 Å². The van der Waals surface area contributed by atoms with E-state index in [9.17, 15) is 13.9 Å². The molecule has 7 nitrogen and oxygen atoms in total. The molecule has 1 saturated heterocycles. The Morgan fingerprint density at radius 3 is 2.53 bits per heavy atom. The molecule has 4 fully saturated rings. The SMILES string of the molecule is COc1ccc(/C=C(/C(=O)N2[C@H]3C[C@@H]4CC[C@]3(CS2(O)O)C4(C)C)c2ccncc2)cc1OC1CCCC1. The highest BCUT2D eigenvalue weighted by atomic mass is 32.3. The highest BCUT2D eigenvalue weighted by molar-refractivity contribution is 8.23. The van der Waals surface area contributed by atoms with E-state index < -0.39 is 10.8 Å². The molecule has 1 spiro atoms. The molecule has 2 aromatic rings. The average Bonchev–Trinajstić information content (AvgIpc) is 3.60. The van der Waals surface area contributed by atoms with Crippen molar-refractivity contribution in [2.75, 3.05) is 12.9 Å². The number of aromatic nitrogens is 1. The molecule has 0 unspecified atom stereocenters. The number of benzene rings is 1. The Morgan fingerprint density at radius 1 is 1.11 bits per heavy atom. The number of amides is 1. The lowest BCUT2D eigenvalue weighted by molar-refractivity contribution is -0.123. The molecule has 0 radical (unpaired) electrons. The maximum atomic E-state index is 14.4. The summed E-state index contributed by atoms with van der Waals surface area (Å²) in [5.41, 5.74) is 1.62. The Hall–Kier alpha value is -2.55. The van der Waals surface area contributed by atoms with Gasteiger partial charge in [-0.15, -0.1) is 10.8 Å². The Bertz CT molecular complexity index is 1260. The van der Waals surface area contributed by atoms with E-state index >= 15 is 0 Å². The normalized spacial score (nSPS) is 30.3. The number of methoxy groups -OCH3 is 1. The number of rotatable bonds is 6. The third kappa shape index (κ3) is 3.95. The van der Waals surface area contributed by atoms with Crippen molar-refractivity contribution in [1.82, 2.24) is 9.29 Å². The zero-order valence-electron chi connectivity index (χ0n) is 22.4. The fraction of sp³-hybridized carbons (Fsp3) is 0.533. The highest BCUT2D eigenvalue weighted by Gasteiger charge is 2.72. The number of hydrogen-bond donors (Lipinski definition) is 2. The molecular formula is C30H38N2O5S. The first-order chi connectivity index (χ1) is 18.2.